The summed E-state index contributed by atoms with van der Waals surface area (Å²) < 4.78 is 13.2. The van der Waals surface area contributed by atoms with Crippen molar-refractivity contribution < 1.29 is 14.3 Å². The average molecular weight is 219 g/mol. The first kappa shape index (κ1) is 10.9. The van der Waals surface area contributed by atoms with E-state index in [9.17, 15) is 9.18 Å². The molecule has 0 unspecified atom stereocenters. The minimum atomic E-state index is -0.857. The second-order valence-electron chi connectivity index (χ2n) is 2.44. The smallest absolute Gasteiger partial charge is 0.254 e. The highest BCUT2D eigenvalue weighted by molar-refractivity contribution is 6.29. The molecular weight excluding hydrogens is 211 g/mol. The summed E-state index contributed by atoms with van der Waals surface area (Å²) in [7, 11) is 0. The molecule has 6 heteroatoms. The molecule has 14 heavy (non-hydrogen) atoms. The van der Waals surface area contributed by atoms with E-state index in [2.05, 4.69) is 10.3 Å². The predicted octanol–water partition coefficient (Wildman–Crippen LogP) is 0.596. The van der Waals surface area contributed by atoms with Gasteiger partial charge >= 0.3 is 0 Å². The number of nitrogens with one attached hydrogen (secondary N) is 1. The minimum Gasteiger partial charge on any atom is -0.395 e. The number of carbonyl (C=O) groups is 1. The zero-order chi connectivity index (χ0) is 10.6. The van der Waals surface area contributed by atoms with Gasteiger partial charge in [-0.2, -0.15) is 0 Å². The van der Waals surface area contributed by atoms with Crippen LogP contribution in [0.1, 0.15) is 10.4 Å². The molecule has 0 aliphatic carbocycles. The molecule has 1 heterocycles. The number of amides is 1. The van der Waals surface area contributed by atoms with Crippen molar-refractivity contribution in [2.24, 2.45) is 0 Å². The summed E-state index contributed by atoms with van der Waals surface area (Å²) >= 11 is 5.38. The molecule has 1 aromatic heterocycles. The largest absolute Gasteiger partial charge is 0.395 e. The van der Waals surface area contributed by atoms with Gasteiger partial charge in [0, 0.05) is 12.7 Å². The molecule has 76 valence electrons. The van der Waals surface area contributed by atoms with Gasteiger partial charge in [0.2, 0.25) is 0 Å². The van der Waals surface area contributed by atoms with Crippen LogP contribution in [0.15, 0.2) is 12.3 Å². The van der Waals surface area contributed by atoms with E-state index in [1.165, 1.54) is 12.3 Å². The quantitative estimate of drug-likeness (QED) is 0.731. The highest BCUT2D eigenvalue weighted by atomic mass is 35.5. The fraction of sp³-hybridized carbons (Fsp3) is 0.250. The third-order valence-corrected chi connectivity index (χ3v) is 1.75. The number of carbonyl (C=O) groups excluding carboxylic acids is 1. The van der Waals surface area contributed by atoms with E-state index < -0.39 is 11.7 Å². The number of hydrogen-bond donors (Lipinski definition) is 2. The summed E-state index contributed by atoms with van der Waals surface area (Å²) in [5.74, 6) is -1.48. The molecule has 0 aliphatic heterocycles. The first-order valence-electron chi connectivity index (χ1n) is 3.86. The molecule has 0 bridgehead atoms. The van der Waals surface area contributed by atoms with Crippen LogP contribution in [0.25, 0.3) is 0 Å². The number of halogens is 2. The van der Waals surface area contributed by atoms with Crippen LogP contribution in [0, 0.1) is 5.82 Å². The van der Waals surface area contributed by atoms with Crippen LogP contribution in [0.3, 0.4) is 0 Å². The second-order valence-corrected chi connectivity index (χ2v) is 2.80. The van der Waals surface area contributed by atoms with Crippen LogP contribution in [0.4, 0.5) is 4.39 Å². The number of hydrogen-bond acceptors (Lipinski definition) is 3. The summed E-state index contributed by atoms with van der Waals surface area (Å²) in [5.41, 5.74) is -0.182. The molecular formula is C8H8ClFN2O2. The van der Waals surface area contributed by atoms with Gasteiger partial charge in [-0.3, -0.25) is 4.79 Å². The molecule has 1 aromatic rings. The van der Waals surface area contributed by atoms with E-state index in [0.717, 1.165) is 0 Å². The van der Waals surface area contributed by atoms with Crippen molar-refractivity contribution in [1.82, 2.24) is 10.3 Å². The van der Waals surface area contributed by atoms with E-state index in [0.29, 0.717) is 0 Å². The number of rotatable bonds is 3. The number of aliphatic hydroxyl groups is 1. The Balaban J connectivity index is 2.84. The van der Waals surface area contributed by atoms with Crippen molar-refractivity contribution in [2.75, 3.05) is 13.2 Å². The summed E-state index contributed by atoms with van der Waals surface area (Å²) in [6.07, 6.45) is 1.24. The summed E-state index contributed by atoms with van der Waals surface area (Å²) in [5, 5.41) is 10.4. The van der Waals surface area contributed by atoms with Crippen molar-refractivity contribution in [2.45, 2.75) is 0 Å². The molecule has 0 radical (unpaired) electrons. The number of aliphatic hydroxyl groups excluding tert-OH is 1. The third-order valence-electron chi connectivity index (χ3n) is 1.49. The second kappa shape index (κ2) is 4.88. The molecule has 0 fully saturated rings. The topological polar surface area (TPSA) is 62.2 Å². The number of nitrogens with zero attached hydrogens (tertiary/aromatic N) is 1. The molecule has 0 spiro atoms. The van der Waals surface area contributed by atoms with Crippen molar-refractivity contribution in [3.8, 4) is 0 Å². The molecule has 1 rings (SSSR count). The lowest BCUT2D eigenvalue weighted by Crippen LogP contribution is -2.27. The maximum absolute atomic E-state index is 13.2. The molecule has 4 nitrogen and oxygen atoms in total. The third kappa shape index (κ3) is 2.40. The van der Waals surface area contributed by atoms with E-state index in [-0.39, 0.29) is 23.9 Å². The van der Waals surface area contributed by atoms with Crippen LogP contribution in [0.2, 0.25) is 5.15 Å². The van der Waals surface area contributed by atoms with Gasteiger partial charge in [-0.1, -0.05) is 11.6 Å². The lowest BCUT2D eigenvalue weighted by atomic mass is 10.2. The zero-order valence-electron chi connectivity index (χ0n) is 7.13. The predicted molar refractivity (Wildman–Crippen MR) is 48.6 cm³/mol. The van der Waals surface area contributed by atoms with Crippen LogP contribution in [-0.2, 0) is 0 Å². The van der Waals surface area contributed by atoms with Gasteiger partial charge in [-0.25, -0.2) is 9.37 Å². The van der Waals surface area contributed by atoms with Crippen molar-refractivity contribution in [3.63, 3.8) is 0 Å². The Kier molecular flexibility index (Phi) is 3.79. The molecule has 0 aromatic carbocycles. The van der Waals surface area contributed by atoms with E-state index in [1.54, 1.807) is 0 Å². The Morgan fingerprint density at radius 3 is 3.07 bits per heavy atom. The summed E-state index contributed by atoms with van der Waals surface area (Å²) in [4.78, 5) is 14.7. The van der Waals surface area contributed by atoms with Crippen LogP contribution in [-0.4, -0.2) is 29.1 Å². The van der Waals surface area contributed by atoms with Crippen LogP contribution in [0.5, 0.6) is 0 Å². The van der Waals surface area contributed by atoms with Crippen LogP contribution < -0.4 is 5.32 Å². The van der Waals surface area contributed by atoms with Crippen LogP contribution >= 0.6 is 11.6 Å². The lowest BCUT2D eigenvalue weighted by Gasteiger charge is -2.04. The monoisotopic (exact) mass is 218 g/mol. The van der Waals surface area contributed by atoms with Gasteiger partial charge in [0.15, 0.2) is 11.0 Å². The van der Waals surface area contributed by atoms with E-state index in [4.69, 9.17) is 16.7 Å². The normalized spacial score (nSPS) is 9.93. The lowest BCUT2D eigenvalue weighted by molar-refractivity contribution is 0.0940. The standard InChI is InChI=1S/C8H8ClFN2O2/c9-7-6(10)5(1-2-11-7)8(14)12-3-4-13/h1-2,13H,3-4H2,(H,12,14). The average Bonchev–Trinajstić information content (AvgIpc) is 2.18. The Morgan fingerprint density at radius 2 is 2.43 bits per heavy atom. The van der Waals surface area contributed by atoms with Gasteiger partial charge in [0.05, 0.1) is 12.2 Å². The summed E-state index contributed by atoms with van der Waals surface area (Å²) in [6, 6.07) is 1.22. The first-order valence-corrected chi connectivity index (χ1v) is 4.23. The van der Waals surface area contributed by atoms with Gasteiger partial charge in [0.25, 0.3) is 5.91 Å². The zero-order valence-corrected chi connectivity index (χ0v) is 7.88. The van der Waals surface area contributed by atoms with Gasteiger partial charge in [-0.05, 0) is 6.07 Å². The summed E-state index contributed by atoms with van der Waals surface area (Å²) in [6.45, 7) is -0.135. The molecule has 2 N–H and O–H groups in total. The molecule has 0 atom stereocenters. The number of pyridine rings is 1. The highest BCUT2D eigenvalue weighted by Gasteiger charge is 2.13. The highest BCUT2D eigenvalue weighted by Crippen LogP contribution is 2.14. The molecule has 1 amide bonds. The van der Waals surface area contributed by atoms with E-state index in [1.807, 2.05) is 0 Å². The SMILES string of the molecule is O=C(NCCO)c1ccnc(Cl)c1F. The molecule has 0 aliphatic rings. The van der Waals surface area contributed by atoms with Crippen molar-refractivity contribution in [1.29, 1.82) is 0 Å². The van der Waals surface area contributed by atoms with Gasteiger partial charge in [0.1, 0.15) is 0 Å². The first-order chi connectivity index (χ1) is 6.66. The maximum Gasteiger partial charge on any atom is 0.254 e. The molecule has 0 saturated carbocycles. The Labute approximate surface area is 84.7 Å². The Hall–Kier alpha value is -1.20. The Morgan fingerprint density at radius 1 is 1.71 bits per heavy atom. The van der Waals surface area contributed by atoms with Crippen molar-refractivity contribution >= 4 is 17.5 Å². The fourth-order valence-electron chi connectivity index (χ4n) is 0.858. The fourth-order valence-corrected chi connectivity index (χ4v) is 1.02. The minimum absolute atomic E-state index is 0.0677. The van der Waals surface area contributed by atoms with Crippen molar-refractivity contribution in [3.05, 3.63) is 28.8 Å². The molecule has 0 saturated heterocycles. The van der Waals surface area contributed by atoms with Gasteiger partial charge < -0.3 is 10.4 Å². The number of aromatic nitrogens is 1. The van der Waals surface area contributed by atoms with Gasteiger partial charge in [-0.15, -0.1) is 0 Å². The maximum atomic E-state index is 13.2. The Bertz CT molecular complexity index is 346. The van der Waals surface area contributed by atoms with E-state index >= 15 is 0 Å².